The molecule has 4 rings (SSSR count). The van der Waals surface area contributed by atoms with Gasteiger partial charge in [-0.2, -0.15) is 0 Å². The number of hydrogen-bond donors (Lipinski definition) is 4. The fourth-order valence-electron chi connectivity index (χ4n) is 3.87. The van der Waals surface area contributed by atoms with Crippen molar-refractivity contribution in [2.24, 2.45) is 0 Å². The van der Waals surface area contributed by atoms with E-state index in [0.29, 0.717) is 24.2 Å². The average molecular weight is 388 g/mol. The number of aliphatic hydroxyl groups excluding tert-OH is 4. The SMILES string of the molecule is [2H]C1([2H])Cc2cc(Cc3cc([C@@H]4O[C@H](CO)[C@@H](O)[C@H](O)[C@H]4O)ccc3OC)ccc21. The molecule has 0 amide bonds. The second-order valence-electron chi connectivity index (χ2n) is 7.34. The average Bonchev–Trinajstić information content (AvgIpc) is 2.71. The predicted molar refractivity (Wildman–Crippen MR) is 102 cm³/mol. The molecular formula is C22H26O6. The van der Waals surface area contributed by atoms with Crippen LogP contribution < -0.4 is 4.74 Å². The summed E-state index contributed by atoms with van der Waals surface area (Å²) in [5.41, 5.74) is 4.18. The lowest BCUT2D eigenvalue weighted by Gasteiger charge is -2.40. The minimum Gasteiger partial charge on any atom is -0.496 e. The molecule has 1 aliphatic heterocycles. The lowest BCUT2D eigenvalue weighted by Crippen LogP contribution is -2.55. The molecule has 0 unspecified atom stereocenters. The van der Waals surface area contributed by atoms with Crippen LogP contribution in [0.5, 0.6) is 5.75 Å². The van der Waals surface area contributed by atoms with Gasteiger partial charge in [0.25, 0.3) is 0 Å². The van der Waals surface area contributed by atoms with Crippen LogP contribution in [0.3, 0.4) is 0 Å². The van der Waals surface area contributed by atoms with Crippen LogP contribution >= 0.6 is 0 Å². The monoisotopic (exact) mass is 388 g/mol. The van der Waals surface area contributed by atoms with E-state index < -0.39 is 43.5 Å². The van der Waals surface area contributed by atoms with Crippen molar-refractivity contribution in [1.82, 2.24) is 0 Å². The van der Waals surface area contributed by atoms with Crippen molar-refractivity contribution in [3.8, 4) is 5.75 Å². The zero-order chi connectivity index (χ0) is 21.6. The largest absolute Gasteiger partial charge is 0.496 e. The van der Waals surface area contributed by atoms with Gasteiger partial charge < -0.3 is 29.9 Å². The highest BCUT2D eigenvalue weighted by Crippen LogP contribution is 2.35. The third kappa shape index (κ3) is 3.43. The molecule has 0 spiro atoms. The third-order valence-electron chi connectivity index (χ3n) is 5.56. The molecule has 1 heterocycles. The molecule has 2 aromatic carbocycles. The van der Waals surface area contributed by atoms with Crippen LogP contribution in [0.1, 0.15) is 36.7 Å². The molecular weight excluding hydrogens is 360 g/mol. The van der Waals surface area contributed by atoms with Crippen molar-refractivity contribution in [1.29, 1.82) is 0 Å². The highest BCUT2D eigenvalue weighted by atomic mass is 16.5. The van der Waals surface area contributed by atoms with Crippen molar-refractivity contribution in [2.75, 3.05) is 13.7 Å². The normalized spacial score (nSPS) is 32.0. The van der Waals surface area contributed by atoms with E-state index in [1.54, 1.807) is 19.2 Å². The minimum atomic E-state index is -1.44. The van der Waals surface area contributed by atoms with Crippen molar-refractivity contribution >= 4 is 0 Å². The summed E-state index contributed by atoms with van der Waals surface area (Å²) in [6.07, 6.45) is -6.38. The summed E-state index contributed by atoms with van der Waals surface area (Å²) in [6, 6.07) is 11.0. The van der Waals surface area contributed by atoms with E-state index >= 15 is 0 Å². The molecule has 1 saturated heterocycles. The summed E-state index contributed by atoms with van der Waals surface area (Å²) in [7, 11) is 1.57. The topological polar surface area (TPSA) is 99.4 Å². The van der Waals surface area contributed by atoms with E-state index in [4.69, 9.17) is 12.2 Å². The Labute approximate surface area is 166 Å². The van der Waals surface area contributed by atoms with Crippen LogP contribution in [0.15, 0.2) is 36.4 Å². The smallest absolute Gasteiger partial charge is 0.122 e. The predicted octanol–water partition coefficient (Wildman–Crippen LogP) is 0.899. The first-order chi connectivity index (χ1) is 14.2. The lowest BCUT2D eigenvalue weighted by atomic mass is 9.86. The first kappa shape index (κ1) is 16.9. The number of ether oxygens (including phenoxy) is 2. The molecule has 150 valence electrons. The van der Waals surface area contributed by atoms with Crippen LogP contribution in [0.2, 0.25) is 0 Å². The molecule has 4 N–H and O–H groups in total. The van der Waals surface area contributed by atoms with Crippen LogP contribution in [-0.4, -0.2) is 58.6 Å². The summed E-state index contributed by atoms with van der Waals surface area (Å²) >= 11 is 0. The van der Waals surface area contributed by atoms with E-state index in [1.807, 2.05) is 24.3 Å². The second-order valence-corrected chi connectivity index (χ2v) is 7.34. The van der Waals surface area contributed by atoms with Crippen LogP contribution in [0.25, 0.3) is 0 Å². The lowest BCUT2D eigenvalue weighted by molar-refractivity contribution is -0.231. The van der Waals surface area contributed by atoms with E-state index in [0.717, 1.165) is 22.3 Å². The van der Waals surface area contributed by atoms with Crippen LogP contribution in [-0.2, 0) is 24.0 Å². The maximum Gasteiger partial charge on any atom is 0.122 e. The minimum absolute atomic E-state index is 0.401. The zero-order valence-corrected chi connectivity index (χ0v) is 15.6. The fraction of sp³-hybridized carbons (Fsp3) is 0.455. The molecule has 0 saturated carbocycles. The fourth-order valence-corrected chi connectivity index (χ4v) is 3.87. The summed E-state index contributed by atoms with van der Waals surface area (Å²) in [6.45, 7) is -0.479. The van der Waals surface area contributed by atoms with Gasteiger partial charge in [0.1, 0.15) is 36.3 Å². The summed E-state index contributed by atoms with van der Waals surface area (Å²) in [4.78, 5) is 0. The van der Waals surface area contributed by atoms with Crippen molar-refractivity contribution in [3.05, 3.63) is 64.2 Å². The molecule has 0 aromatic heterocycles. The summed E-state index contributed by atoms with van der Waals surface area (Å²) in [5, 5.41) is 39.9. The zero-order valence-electron chi connectivity index (χ0n) is 17.6. The summed E-state index contributed by atoms with van der Waals surface area (Å²) < 4.78 is 26.9. The molecule has 0 radical (unpaired) electrons. The van der Waals surface area contributed by atoms with Crippen molar-refractivity contribution in [3.63, 3.8) is 0 Å². The Bertz CT molecular complexity index is 932. The molecule has 28 heavy (non-hydrogen) atoms. The van der Waals surface area contributed by atoms with Gasteiger partial charge in [0, 0.05) is 9.16 Å². The highest BCUT2D eigenvalue weighted by Gasteiger charge is 2.44. The Morgan fingerprint density at radius 2 is 1.89 bits per heavy atom. The first-order valence-corrected chi connectivity index (χ1v) is 9.35. The number of benzene rings is 2. The quantitative estimate of drug-likeness (QED) is 0.607. The van der Waals surface area contributed by atoms with Crippen molar-refractivity contribution in [2.45, 2.75) is 49.7 Å². The third-order valence-corrected chi connectivity index (χ3v) is 5.56. The number of methoxy groups -OCH3 is 1. The standard InChI is InChI=1S/C22H26O6/c1-27-17-7-6-15(22-21(26)20(25)19(24)18(11-23)28-22)10-16(17)9-12-2-3-13-4-5-14(13)8-12/h2-3,6-8,10,18-26H,4-5,9,11H2,1H3/t18-,19-,20+,21-,22+/m1/s1/i4D2. The number of aryl methyl sites for hydroxylation is 2. The van der Waals surface area contributed by atoms with Crippen LogP contribution in [0, 0.1) is 0 Å². The van der Waals surface area contributed by atoms with Gasteiger partial charge in [-0.05, 0) is 52.7 Å². The van der Waals surface area contributed by atoms with Gasteiger partial charge in [-0.25, -0.2) is 0 Å². The molecule has 6 nitrogen and oxygen atoms in total. The van der Waals surface area contributed by atoms with Gasteiger partial charge in [0.15, 0.2) is 0 Å². The molecule has 0 bridgehead atoms. The van der Waals surface area contributed by atoms with Gasteiger partial charge in [-0.1, -0.05) is 24.3 Å². The Morgan fingerprint density at radius 3 is 2.57 bits per heavy atom. The van der Waals surface area contributed by atoms with Crippen LogP contribution in [0.4, 0.5) is 0 Å². The van der Waals surface area contributed by atoms with E-state index in [9.17, 15) is 20.4 Å². The molecule has 1 aliphatic carbocycles. The Kier molecular flexibility index (Phi) is 4.73. The van der Waals surface area contributed by atoms with E-state index in [2.05, 4.69) is 0 Å². The molecule has 5 atom stereocenters. The second kappa shape index (κ2) is 7.81. The molecule has 1 fully saturated rings. The number of rotatable bonds is 5. The van der Waals surface area contributed by atoms with E-state index in [-0.39, 0.29) is 0 Å². The maximum absolute atomic E-state index is 10.4. The van der Waals surface area contributed by atoms with Gasteiger partial charge in [-0.15, -0.1) is 0 Å². The van der Waals surface area contributed by atoms with E-state index in [1.165, 1.54) is 0 Å². The Morgan fingerprint density at radius 1 is 1.07 bits per heavy atom. The first-order valence-electron chi connectivity index (χ1n) is 10.3. The summed E-state index contributed by atoms with van der Waals surface area (Å²) in [5.74, 6) is 0.654. The Balaban J connectivity index is 1.62. The van der Waals surface area contributed by atoms with Gasteiger partial charge in [0.05, 0.1) is 13.7 Å². The maximum atomic E-state index is 10.4. The number of fused-ring (bicyclic) bond motifs is 1. The Hall–Kier alpha value is -1.96. The van der Waals surface area contributed by atoms with Gasteiger partial charge in [-0.3, -0.25) is 0 Å². The van der Waals surface area contributed by atoms with Gasteiger partial charge in [0.2, 0.25) is 0 Å². The molecule has 2 aliphatic rings. The number of aliphatic hydroxyl groups is 4. The molecule has 2 aromatic rings. The number of hydrogen-bond acceptors (Lipinski definition) is 6. The van der Waals surface area contributed by atoms with Crippen molar-refractivity contribution < 1.29 is 32.6 Å². The molecule has 6 heteroatoms. The van der Waals surface area contributed by atoms with Gasteiger partial charge >= 0.3 is 0 Å². The highest BCUT2D eigenvalue weighted by molar-refractivity contribution is 5.45.